The molecule has 1 N–H and O–H groups in total. The van der Waals surface area contributed by atoms with Crippen molar-refractivity contribution in [2.24, 2.45) is 0 Å². The molecule has 0 aromatic rings. The van der Waals surface area contributed by atoms with Crippen molar-refractivity contribution in [3.05, 3.63) is 0 Å². The van der Waals surface area contributed by atoms with Crippen LogP contribution in [0.3, 0.4) is 0 Å². The summed E-state index contributed by atoms with van der Waals surface area (Å²) in [6, 6.07) is 0. The van der Waals surface area contributed by atoms with Gasteiger partial charge in [-0.05, 0) is 0 Å². The molecule has 0 aliphatic rings. The second-order valence-corrected chi connectivity index (χ2v) is 3.15. The van der Waals surface area contributed by atoms with Crippen molar-refractivity contribution in [1.29, 1.82) is 0 Å². The van der Waals surface area contributed by atoms with E-state index < -0.39 is 22.6 Å². The molecule has 0 saturated heterocycles. The van der Waals surface area contributed by atoms with Crippen LogP contribution in [0.1, 0.15) is 2.85 Å². The average molecular weight is 301 g/mol. The van der Waals surface area contributed by atoms with Crippen LogP contribution in [-0.4, -0.2) is 50.8 Å². The van der Waals surface area contributed by atoms with Gasteiger partial charge in [0.2, 0.25) is 0 Å². The minimum Gasteiger partial charge on any atom is -1.00 e. The first-order chi connectivity index (χ1) is 5.44. The molecule has 0 fully saturated rings. The normalized spacial score (nSPS) is 13.4. The van der Waals surface area contributed by atoms with Crippen LogP contribution in [0, 0.1) is 0 Å². The minimum atomic E-state index is -5.95. The predicted molar refractivity (Wildman–Crippen MR) is 39.4 cm³/mol. The molecule has 0 amide bonds. The number of hydrogen-bond acceptors (Lipinski definition) is 1. The van der Waals surface area contributed by atoms with Crippen molar-refractivity contribution >= 4 is 45.0 Å². The number of alkyl halides is 7. The number of rotatable bonds is 1. The van der Waals surface area contributed by atoms with Crippen LogP contribution in [0.2, 0.25) is 0 Å². The number of halogens is 7. The zero-order valence-corrected chi connectivity index (χ0v) is 9.21. The summed E-state index contributed by atoms with van der Waals surface area (Å²) in [4.78, 5) is 9.83. The molecule has 0 spiro atoms. The summed E-state index contributed by atoms with van der Waals surface area (Å²) in [5.41, 5.74) is 0. The van der Waals surface area contributed by atoms with Crippen molar-refractivity contribution < 1.29 is 39.1 Å². The fourth-order valence-electron chi connectivity index (χ4n) is 0.403. The molecule has 0 aromatic heterocycles. The maximum atomic E-state index is 11.7. The van der Waals surface area contributed by atoms with Crippen LogP contribution in [-0.2, 0) is 4.79 Å². The van der Waals surface area contributed by atoms with E-state index in [9.17, 15) is 31.1 Å². The smallest absolute Gasteiger partial charge is 1.00 e. The fourth-order valence-corrected chi connectivity index (χ4v) is 0.403. The van der Waals surface area contributed by atoms with Crippen LogP contribution in [0.15, 0.2) is 0 Å². The number of carboxylic acids is 1. The Balaban J connectivity index is -0.000000240. The molecule has 0 aliphatic heterocycles. The Hall–Kier alpha value is 0.296. The Bertz CT molecular complexity index is 218. The van der Waals surface area contributed by atoms with E-state index in [2.05, 4.69) is 0 Å². The average Bonchev–Trinajstić information content (AvgIpc) is 1.80. The van der Waals surface area contributed by atoms with Gasteiger partial charge in [-0.25, -0.2) is 4.79 Å². The molecule has 0 saturated carbocycles. The third-order valence-electron chi connectivity index (χ3n) is 1.08. The van der Waals surface area contributed by atoms with Crippen molar-refractivity contribution in [3.63, 3.8) is 0 Å². The van der Waals surface area contributed by atoms with Crippen LogP contribution in [0.25, 0.3) is 0 Å². The summed E-state index contributed by atoms with van der Waals surface area (Å²) in [6.07, 6.45) is -11.9. The van der Waals surface area contributed by atoms with E-state index in [4.69, 9.17) is 5.11 Å². The number of carbonyl (C=O) groups is 1. The van der Waals surface area contributed by atoms with Crippen LogP contribution in [0.4, 0.5) is 26.3 Å². The molecule has 0 unspecified atom stereocenters. The van der Waals surface area contributed by atoms with Gasteiger partial charge in [-0.1, -0.05) is 15.9 Å². The van der Waals surface area contributed by atoms with Gasteiger partial charge in [-0.2, -0.15) is 26.3 Å². The largest absolute Gasteiger partial charge is 2.00 e. The summed E-state index contributed by atoms with van der Waals surface area (Å²) in [7, 11) is 0. The van der Waals surface area contributed by atoms with E-state index in [0.717, 1.165) is 15.9 Å². The van der Waals surface area contributed by atoms with Gasteiger partial charge in [0, 0.05) is 0 Å². The first-order valence-corrected chi connectivity index (χ1v) is 3.29. The van der Waals surface area contributed by atoms with Crippen molar-refractivity contribution in [2.45, 2.75) is 16.7 Å². The Kier molecular flexibility index (Phi) is 5.29. The van der Waals surface area contributed by atoms with E-state index in [-0.39, 0.29) is 25.9 Å². The van der Waals surface area contributed by atoms with Gasteiger partial charge in [0.25, 0.3) is 0 Å². The summed E-state index contributed by atoms with van der Waals surface area (Å²) < 4.78 is 65.3. The molecule has 2 nitrogen and oxygen atoms in total. The molecule has 0 rings (SSSR count). The molecule has 14 heavy (non-hydrogen) atoms. The maximum Gasteiger partial charge on any atom is 2.00 e. The fraction of sp³-hybridized carbons (Fsp3) is 0.750. The summed E-state index contributed by atoms with van der Waals surface area (Å²) >= 11 is 1.14. The van der Waals surface area contributed by atoms with Crippen molar-refractivity contribution in [2.75, 3.05) is 0 Å². The molecule has 0 atom stereocenters. The Morgan fingerprint density at radius 1 is 1.07 bits per heavy atom. The van der Waals surface area contributed by atoms with E-state index in [1.165, 1.54) is 0 Å². The van der Waals surface area contributed by atoms with Gasteiger partial charge < -0.3 is 7.96 Å². The van der Waals surface area contributed by atoms with Crippen molar-refractivity contribution in [1.82, 2.24) is 0 Å². The predicted octanol–water partition coefficient (Wildman–Crippen LogP) is 2.17. The van der Waals surface area contributed by atoms with Crippen LogP contribution in [0.5, 0.6) is 0 Å². The quantitative estimate of drug-likeness (QED) is 0.458. The monoisotopic (exact) mass is 300 g/mol. The topological polar surface area (TPSA) is 37.3 Å². The summed E-state index contributed by atoms with van der Waals surface area (Å²) in [5.74, 6) is -3.05. The van der Waals surface area contributed by atoms with E-state index >= 15 is 0 Å². The first kappa shape index (κ1) is 16.7. The first-order valence-electron chi connectivity index (χ1n) is 2.50. The molecule has 0 heterocycles. The summed E-state index contributed by atoms with van der Waals surface area (Å²) in [5, 5.41) is 7.82. The second kappa shape index (κ2) is 4.43. The molecule has 82 valence electrons. The van der Waals surface area contributed by atoms with Gasteiger partial charge in [0.1, 0.15) is 0 Å². The zero-order chi connectivity index (χ0) is 11.1. The molecule has 0 aliphatic carbocycles. The van der Waals surface area contributed by atoms with Crippen molar-refractivity contribution in [3.8, 4) is 0 Å². The van der Waals surface area contributed by atoms with Gasteiger partial charge in [0.15, 0.2) is 0 Å². The minimum absolute atomic E-state index is 0. The standard InChI is InChI=1S/C4HBrF6O2.Mg.2H/c5-2(1(12)13,3(6,7)8)4(9,10)11;;;/h(H,12,13);;;/q;+2;2*-1. The molecule has 0 bridgehead atoms. The molecular weight excluding hydrogens is 298 g/mol. The third kappa shape index (κ3) is 2.66. The Labute approximate surface area is 101 Å². The molecule has 10 heteroatoms. The van der Waals surface area contributed by atoms with Crippen LogP contribution >= 0.6 is 15.9 Å². The molecular formula is C4H3BrF6MgO2. The SMILES string of the molecule is O=C(O)C(Br)(C(F)(F)F)C(F)(F)F.[H-].[H-].[Mg+2]. The van der Waals surface area contributed by atoms with Gasteiger partial charge in [-0.15, -0.1) is 0 Å². The number of carboxylic acid groups (broad SMARTS) is 1. The zero-order valence-electron chi connectivity index (χ0n) is 8.21. The van der Waals surface area contributed by atoms with Crippen LogP contribution < -0.4 is 0 Å². The van der Waals surface area contributed by atoms with Gasteiger partial charge >= 0.3 is 45.7 Å². The Morgan fingerprint density at radius 3 is 1.29 bits per heavy atom. The second-order valence-electron chi connectivity index (χ2n) is 1.96. The molecule has 0 radical (unpaired) electrons. The Morgan fingerprint density at radius 2 is 1.29 bits per heavy atom. The van der Waals surface area contributed by atoms with Gasteiger partial charge in [-0.3, -0.25) is 0 Å². The molecule has 0 aromatic carbocycles. The third-order valence-corrected chi connectivity index (χ3v) is 2.31. The van der Waals surface area contributed by atoms with E-state index in [0.29, 0.717) is 0 Å². The summed E-state index contributed by atoms with van der Waals surface area (Å²) in [6.45, 7) is 0. The number of hydrogen-bond donors (Lipinski definition) is 1. The number of aliphatic carboxylic acids is 1. The van der Waals surface area contributed by atoms with Gasteiger partial charge in [0.05, 0.1) is 0 Å². The van der Waals surface area contributed by atoms with E-state index in [1.54, 1.807) is 0 Å². The maximum absolute atomic E-state index is 11.7. The van der Waals surface area contributed by atoms with E-state index in [1.807, 2.05) is 0 Å².